The normalized spacial score (nSPS) is 16.2. The second kappa shape index (κ2) is 7.26. The summed E-state index contributed by atoms with van der Waals surface area (Å²) in [5, 5.41) is 9.10. The van der Waals surface area contributed by atoms with Gasteiger partial charge in [0.15, 0.2) is 0 Å². The number of nitrogens with zero attached hydrogens (tertiary/aromatic N) is 1. The minimum atomic E-state index is -0.725. The third kappa shape index (κ3) is 5.21. The van der Waals surface area contributed by atoms with Crippen LogP contribution in [-0.2, 0) is 0 Å². The Balaban J connectivity index is 4.03. The number of rotatable bonds is 7. The van der Waals surface area contributed by atoms with Gasteiger partial charge < -0.3 is 21.5 Å². The third-order valence-corrected chi connectivity index (χ3v) is 2.34. The van der Waals surface area contributed by atoms with E-state index in [0.29, 0.717) is 19.0 Å². The molecule has 2 unspecified atom stereocenters. The Morgan fingerprint density at radius 1 is 1.31 bits per heavy atom. The maximum absolute atomic E-state index is 9.10. The van der Waals surface area contributed by atoms with Crippen molar-refractivity contribution in [2.24, 2.45) is 11.5 Å². The lowest BCUT2D eigenvalue weighted by atomic mass is 10.1. The minimum absolute atomic E-state index is 0.319. The molecule has 80 valence electrons. The molecule has 0 aromatic carbocycles. The molecule has 0 aromatic rings. The third-order valence-electron chi connectivity index (χ3n) is 2.34. The lowest BCUT2D eigenvalue weighted by Gasteiger charge is -2.30. The molecule has 5 N–H and O–H groups in total. The van der Waals surface area contributed by atoms with Gasteiger partial charge in [0.05, 0.1) is 0 Å². The summed E-state index contributed by atoms with van der Waals surface area (Å²) in [6.45, 7) is 6.82. The van der Waals surface area contributed by atoms with Crippen LogP contribution in [0.5, 0.6) is 0 Å². The molecule has 0 amide bonds. The molecule has 0 radical (unpaired) electrons. The average Bonchev–Trinajstić information content (AvgIpc) is 2.05. The maximum Gasteiger partial charge on any atom is 0.103 e. The van der Waals surface area contributed by atoms with Crippen molar-refractivity contribution in [2.45, 2.75) is 39.0 Å². The fourth-order valence-electron chi connectivity index (χ4n) is 1.66. The second-order valence-electron chi connectivity index (χ2n) is 3.26. The molecule has 0 aliphatic carbocycles. The Hall–Kier alpha value is -0.160. The van der Waals surface area contributed by atoms with E-state index in [-0.39, 0.29) is 0 Å². The smallest absolute Gasteiger partial charge is 0.103 e. The molecule has 0 rings (SSSR count). The standard InChI is InChI=1S/C9H23N3O/c1-3-12(4-2)8(5-6-10)7-9(11)13/h8-9,13H,3-7,10-11H2,1-2H3. The summed E-state index contributed by atoms with van der Waals surface area (Å²) in [5.74, 6) is 0. The maximum atomic E-state index is 9.10. The summed E-state index contributed by atoms with van der Waals surface area (Å²) in [5.41, 5.74) is 10.9. The molecule has 0 aliphatic rings. The molecular formula is C9H23N3O. The number of hydrogen-bond donors (Lipinski definition) is 3. The van der Waals surface area contributed by atoms with Crippen molar-refractivity contribution in [1.29, 1.82) is 0 Å². The van der Waals surface area contributed by atoms with Crippen LogP contribution in [0.3, 0.4) is 0 Å². The molecule has 0 fully saturated rings. The van der Waals surface area contributed by atoms with Crippen LogP contribution < -0.4 is 11.5 Å². The van der Waals surface area contributed by atoms with Crippen molar-refractivity contribution < 1.29 is 5.11 Å². The molecule has 0 saturated carbocycles. The van der Waals surface area contributed by atoms with E-state index in [4.69, 9.17) is 16.6 Å². The van der Waals surface area contributed by atoms with Crippen LogP contribution in [0.4, 0.5) is 0 Å². The first-order valence-electron chi connectivity index (χ1n) is 5.03. The largest absolute Gasteiger partial charge is 0.379 e. The van der Waals surface area contributed by atoms with Crippen molar-refractivity contribution >= 4 is 0 Å². The van der Waals surface area contributed by atoms with E-state index in [1.54, 1.807) is 0 Å². The van der Waals surface area contributed by atoms with Crippen LogP contribution in [0.2, 0.25) is 0 Å². The number of hydrogen-bond acceptors (Lipinski definition) is 4. The van der Waals surface area contributed by atoms with E-state index in [2.05, 4.69) is 18.7 Å². The number of aliphatic hydroxyl groups is 1. The molecular weight excluding hydrogens is 166 g/mol. The average molecular weight is 189 g/mol. The highest BCUT2D eigenvalue weighted by Gasteiger charge is 2.16. The predicted octanol–water partition coefficient (Wildman–Crippen LogP) is -0.287. The molecule has 13 heavy (non-hydrogen) atoms. The summed E-state index contributed by atoms with van der Waals surface area (Å²) in [6, 6.07) is 0.319. The fraction of sp³-hybridized carbons (Fsp3) is 1.00. The van der Waals surface area contributed by atoms with Gasteiger partial charge in [0.2, 0.25) is 0 Å². The molecule has 0 heterocycles. The van der Waals surface area contributed by atoms with Gasteiger partial charge in [0.25, 0.3) is 0 Å². The Morgan fingerprint density at radius 2 is 1.85 bits per heavy atom. The molecule has 4 nitrogen and oxygen atoms in total. The van der Waals surface area contributed by atoms with E-state index < -0.39 is 6.23 Å². The van der Waals surface area contributed by atoms with Gasteiger partial charge in [-0.15, -0.1) is 0 Å². The van der Waals surface area contributed by atoms with Crippen LogP contribution >= 0.6 is 0 Å². The number of aliphatic hydroxyl groups excluding tert-OH is 1. The zero-order chi connectivity index (χ0) is 10.3. The van der Waals surface area contributed by atoms with E-state index in [0.717, 1.165) is 19.5 Å². The summed E-state index contributed by atoms with van der Waals surface area (Å²) >= 11 is 0. The van der Waals surface area contributed by atoms with E-state index in [1.807, 2.05) is 0 Å². The van der Waals surface area contributed by atoms with Gasteiger partial charge in [-0.1, -0.05) is 13.8 Å². The van der Waals surface area contributed by atoms with Crippen molar-refractivity contribution in [3.63, 3.8) is 0 Å². The first-order chi connectivity index (χ1) is 6.15. The monoisotopic (exact) mass is 189 g/mol. The Morgan fingerprint density at radius 3 is 2.15 bits per heavy atom. The highest BCUT2D eigenvalue weighted by molar-refractivity contribution is 4.72. The van der Waals surface area contributed by atoms with Crippen LogP contribution in [0.15, 0.2) is 0 Å². The predicted molar refractivity (Wildman–Crippen MR) is 55.2 cm³/mol. The Bertz CT molecular complexity index is 115. The molecule has 4 heteroatoms. The van der Waals surface area contributed by atoms with Crippen LogP contribution in [0.25, 0.3) is 0 Å². The molecule has 0 aliphatic heterocycles. The minimum Gasteiger partial charge on any atom is -0.379 e. The number of nitrogens with two attached hydrogens (primary N) is 2. The first kappa shape index (κ1) is 12.8. The van der Waals surface area contributed by atoms with Gasteiger partial charge in [-0.3, -0.25) is 0 Å². The molecule has 0 spiro atoms. The zero-order valence-electron chi connectivity index (χ0n) is 8.74. The lowest BCUT2D eigenvalue weighted by molar-refractivity contribution is 0.107. The highest BCUT2D eigenvalue weighted by Crippen LogP contribution is 2.08. The quantitative estimate of drug-likeness (QED) is 0.481. The van der Waals surface area contributed by atoms with Gasteiger partial charge in [-0.25, -0.2) is 0 Å². The van der Waals surface area contributed by atoms with Crippen LogP contribution in [0.1, 0.15) is 26.7 Å². The summed E-state index contributed by atoms with van der Waals surface area (Å²) in [7, 11) is 0. The summed E-state index contributed by atoms with van der Waals surface area (Å²) < 4.78 is 0. The van der Waals surface area contributed by atoms with Gasteiger partial charge in [-0.2, -0.15) is 0 Å². The van der Waals surface area contributed by atoms with Crippen molar-refractivity contribution in [1.82, 2.24) is 4.90 Å². The van der Waals surface area contributed by atoms with Crippen molar-refractivity contribution in [3.05, 3.63) is 0 Å². The summed E-state index contributed by atoms with van der Waals surface area (Å²) in [6.07, 6.45) is 0.784. The second-order valence-corrected chi connectivity index (χ2v) is 3.26. The van der Waals surface area contributed by atoms with Crippen molar-refractivity contribution in [2.75, 3.05) is 19.6 Å². The van der Waals surface area contributed by atoms with Crippen LogP contribution in [0, 0.1) is 0 Å². The van der Waals surface area contributed by atoms with E-state index >= 15 is 0 Å². The van der Waals surface area contributed by atoms with E-state index in [1.165, 1.54) is 0 Å². The van der Waals surface area contributed by atoms with Gasteiger partial charge >= 0.3 is 0 Å². The van der Waals surface area contributed by atoms with Crippen molar-refractivity contribution in [3.8, 4) is 0 Å². The summed E-state index contributed by atoms with van der Waals surface area (Å²) in [4.78, 5) is 2.28. The topological polar surface area (TPSA) is 75.5 Å². The van der Waals surface area contributed by atoms with Crippen LogP contribution in [-0.4, -0.2) is 41.9 Å². The molecule has 2 atom stereocenters. The molecule has 0 bridgehead atoms. The van der Waals surface area contributed by atoms with Gasteiger partial charge in [0.1, 0.15) is 6.23 Å². The zero-order valence-corrected chi connectivity index (χ0v) is 8.74. The Kier molecular flexibility index (Phi) is 7.17. The Labute approximate surface area is 80.9 Å². The highest BCUT2D eigenvalue weighted by atomic mass is 16.3. The fourth-order valence-corrected chi connectivity index (χ4v) is 1.66. The lowest BCUT2D eigenvalue weighted by Crippen LogP contribution is -2.40. The molecule has 0 saturated heterocycles. The SMILES string of the molecule is CCN(CC)C(CCN)CC(N)O. The van der Waals surface area contributed by atoms with E-state index in [9.17, 15) is 0 Å². The van der Waals surface area contributed by atoms with Gasteiger partial charge in [0, 0.05) is 12.5 Å². The first-order valence-corrected chi connectivity index (χ1v) is 5.03. The van der Waals surface area contributed by atoms with Gasteiger partial charge in [-0.05, 0) is 26.1 Å². The molecule has 0 aromatic heterocycles.